The van der Waals surface area contributed by atoms with Gasteiger partial charge >= 0.3 is 5.97 Å². The summed E-state index contributed by atoms with van der Waals surface area (Å²) in [6.45, 7) is 0.212. The van der Waals surface area contributed by atoms with Gasteiger partial charge in [-0.2, -0.15) is 0 Å². The highest BCUT2D eigenvalue weighted by molar-refractivity contribution is 6.33. The molecule has 2 N–H and O–H groups in total. The molecule has 1 aliphatic carbocycles. The SMILES string of the molecule is O=C(NC1(C(=O)O)CC1)C1CC(=O)N(c2ccccc2Cl)C1. The van der Waals surface area contributed by atoms with Crippen LogP contribution in [0.15, 0.2) is 24.3 Å². The lowest BCUT2D eigenvalue weighted by Crippen LogP contribution is -2.46. The Morgan fingerprint density at radius 2 is 2.00 bits per heavy atom. The van der Waals surface area contributed by atoms with E-state index in [1.165, 1.54) is 4.90 Å². The van der Waals surface area contributed by atoms with E-state index >= 15 is 0 Å². The molecule has 0 spiro atoms. The fourth-order valence-electron chi connectivity index (χ4n) is 2.64. The lowest BCUT2D eigenvalue weighted by molar-refractivity contribution is -0.143. The fraction of sp³-hybridized carbons (Fsp3) is 0.400. The van der Waals surface area contributed by atoms with Crippen LogP contribution in [0, 0.1) is 5.92 Å². The van der Waals surface area contributed by atoms with Crippen LogP contribution in [0.3, 0.4) is 0 Å². The molecule has 22 heavy (non-hydrogen) atoms. The van der Waals surface area contributed by atoms with Crippen LogP contribution in [0.1, 0.15) is 19.3 Å². The van der Waals surface area contributed by atoms with Gasteiger partial charge in [0.05, 0.1) is 16.6 Å². The predicted molar refractivity (Wildman–Crippen MR) is 79.7 cm³/mol. The summed E-state index contributed by atoms with van der Waals surface area (Å²) in [6.07, 6.45) is 0.929. The number of carbonyl (C=O) groups excluding carboxylic acids is 2. The van der Waals surface area contributed by atoms with Crippen molar-refractivity contribution in [2.45, 2.75) is 24.8 Å². The van der Waals surface area contributed by atoms with Gasteiger partial charge in [-0.1, -0.05) is 23.7 Å². The Bertz CT molecular complexity index is 657. The highest BCUT2D eigenvalue weighted by Crippen LogP contribution is 2.37. The fourth-order valence-corrected chi connectivity index (χ4v) is 2.88. The Labute approximate surface area is 132 Å². The number of nitrogens with zero attached hydrogens (tertiary/aromatic N) is 1. The van der Waals surface area contributed by atoms with Gasteiger partial charge in [0.15, 0.2) is 0 Å². The molecule has 3 rings (SSSR count). The third-order valence-electron chi connectivity index (χ3n) is 4.16. The molecule has 0 bridgehead atoms. The van der Waals surface area contributed by atoms with E-state index in [0.29, 0.717) is 23.6 Å². The monoisotopic (exact) mass is 322 g/mol. The van der Waals surface area contributed by atoms with E-state index in [-0.39, 0.29) is 24.8 Å². The second kappa shape index (κ2) is 5.28. The van der Waals surface area contributed by atoms with Gasteiger partial charge < -0.3 is 15.3 Å². The summed E-state index contributed by atoms with van der Waals surface area (Å²) in [6, 6.07) is 6.94. The van der Waals surface area contributed by atoms with Crippen molar-refractivity contribution >= 4 is 35.1 Å². The average molecular weight is 323 g/mol. The molecular weight excluding hydrogens is 308 g/mol. The number of amides is 2. The molecule has 0 aromatic heterocycles. The minimum Gasteiger partial charge on any atom is -0.480 e. The van der Waals surface area contributed by atoms with E-state index in [1.807, 2.05) is 0 Å². The molecule has 2 aliphatic rings. The third-order valence-corrected chi connectivity index (χ3v) is 4.48. The van der Waals surface area contributed by atoms with E-state index in [1.54, 1.807) is 24.3 Å². The van der Waals surface area contributed by atoms with Gasteiger partial charge in [-0.05, 0) is 25.0 Å². The maximum absolute atomic E-state index is 12.2. The third kappa shape index (κ3) is 2.54. The van der Waals surface area contributed by atoms with Gasteiger partial charge in [0.2, 0.25) is 11.8 Å². The molecule has 1 aromatic carbocycles. The van der Waals surface area contributed by atoms with Gasteiger partial charge in [-0.15, -0.1) is 0 Å². The highest BCUT2D eigenvalue weighted by Gasteiger charge is 2.52. The van der Waals surface area contributed by atoms with Gasteiger partial charge in [0.1, 0.15) is 5.54 Å². The van der Waals surface area contributed by atoms with Crippen molar-refractivity contribution in [3.8, 4) is 0 Å². The highest BCUT2D eigenvalue weighted by atomic mass is 35.5. The molecule has 1 saturated heterocycles. The van der Waals surface area contributed by atoms with Crippen molar-refractivity contribution in [1.29, 1.82) is 0 Å². The molecule has 6 nitrogen and oxygen atoms in total. The Morgan fingerprint density at radius 3 is 2.59 bits per heavy atom. The Balaban J connectivity index is 1.71. The first-order valence-electron chi connectivity index (χ1n) is 7.03. The summed E-state index contributed by atoms with van der Waals surface area (Å²) in [4.78, 5) is 37.0. The average Bonchev–Trinajstić information content (AvgIpc) is 3.15. The molecular formula is C15H15ClN2O4. The number of rotatable bonds is 4. The molecule has 1 unspecified atom stereocenters. The zero-order valence-corrected chi connectivity index (χ0v) is 12.5. The first kappa shape index (κ1) is 14.8. The molecule has 7 heteroatoms. The maximum atomic E-state index is 12.2. The number of carboxylic acid groups (broad SMARTS) is 1. The van der Waals surface area contributed by atoms with Crippen molar-refractivity contribution in [2.75, 3.05) is 11.4 Å². The first-order valence-corrected chi connectivity index (χ1v) is 7.41. The molecule has 1 aromatic rings. The Morgan fingerprint density at radius 1 is 1.32 bits per heavy atom. The van der Waals surface area contributed by atoms with Gasteiger partial charge in [-0.25, -0.2) is 4.79 Å². The number of halogens is 1. The van der Waals surface area contributed by atoms with Gasteiger partial charge in [0, 0.05) is 13.0 Å². The molecule has 1 heterocycles. The van der Waals surface area contributed by atoms with Crippen LogP contribution in [0.25, 0.3) is 0 Å². The van der Waals surface area contributed by atoms with Crippen molar-refractivity contribution in [2.24, 2.45) is 5.92 Å². The number of nitrogens with one attached hydrogen (secondary N) is 1. The molecule has 0 radical (unpaired) electrons. The summed E-state index contributed by atoms with van der Waals surface area (Å²) in [5, 5.41) is 12.1. The second-order valence-electron chi connectivity index (χ2n) is 5.73. The van der Waals surface area contributed by atoms with E-state index < -0.39 is 17.4 Å². The predicted octanol–water partition coefficient (Wildman–Crippen LogP) is 1.43. The van der Waals surface area contributed by atoms with Gasteiger partial charge in [0.25, 0.3) is 0 Å². The summed E-state index contributed by atoms with van der Waals surface area (Å²) in [5.41, 5.74) is -0.554. The van der Waals surface area contributed by atoms with Crippen molar-refractivity contribution < 1.29 is 19.5 Å². The zero-order valence-electron chi connectivity index (χ0n) is 11.7. The van der Waals surface area contributed by atoms with Crippen molar-refractivity contribution in [3.63, 3.8) is 0 Å². The standard InChI is InChI=1S/C15H15ClN2O4/c16-10-3-1-2-4-11(10)18-8-9(7-12(18)19)13(20)17-15(5-6-15)14(21)22/h1-4,9H,5-8H2,(H,17,20)(H,21,22). The summed E-state index contributed by atoms with van der Waals surface area (Å²) < 4.78 is 0. The number of hydrogen-bond donors (Lipinski definition) is 2. The number of hydrogen-bond acceptors (Lipinski definition) is 3. The zero-order chi connectivity index (χ0) is 15.9. The van der Waals surface area contributed by atoms with Crippen LogP contribution in [-0.2, 0) is 14.4 Å². The minimum atomic E-state index is -1.13. The van der Waals surface area contributed by atoms with Crippen LogP contribution in [0.4, 0.5) is 5.69 Å². The molecule has 1 saturated carbocycles. The van der Waals surface area contributed by atoms with E-state index in [9.17, 15) is 14.4 Å². The van der Waals surface area contributed by atoms with Crippen LogP contribution < -0.4 is 10.2 Å². The number of para-hydroxylation sites is 1. The molecule has 2 fully saturated rings. The van der Waals surface area contributed by atoms with Crippen LogP contribution >= 0.6 is 11.6 Å². The summed E-state index contributed by atoms with van der Waals surface area (Å²) in [5.74, 6) is -2.15. The van der Waals surface area contributed by atoms with E-state index in [4.69, 9.17) is 16.7 Å². The normalized spacial score (nSPS) is 22.5. The van der Waals surface area contributed by atoms with Crippen LogP contribution in [-0.4, -0.2) is 35.0 Å². The van der Waals surface area contributed by atoms with Crippen LogP contribution in [0.2, 0.25) is 5.02 Å². The lowest BCUT2D eigenvalue weighted by atomic mass is 10.1. The Hall–Kier alpha value is -2.08. The number of aliphatic carboxylic acids is 1. The van der Waals surface area contributed by atoms with Gasteiger partial charge in [-0.3, -0.25) is 9.59 Å². The van der Waals surface area contributed by atoms with Crippen molar-refractivity contribution in [1.82, 2.24) is 5.32 Å². The Kier molecular flexibility index (Phi) is 3.56. The topological polar surface area (TPSA) is 86.7 Å². The van der Waals surface area contributed by atoms with Crippen LogP contribution in [0.5, 0.6) is 0 Å². The number of benzene rings is 1. The molecule has 1 atom stereocenters. The number of carboxylic acids is 1. The van der Waals surface area contributed by atoms with E-state index in [0.717, 1.165) is 0 Å². The quantitative estimate of drug-likeness (QED) is 0.878. The smallest absolute Gasteiger partial charge is 0.329 e. The minimum absolute atomic E-state index is 0.0623. The number of anilines is 1. The summed E-state index contributed by atoms with van der Waals surface area (Å²) in [7, 11) is 0. The number of carbonyl (C=O) groups is 3. The molecule has 2 amide bonds. The summed E-state index contributed by atoms with van der Waals surface area (Å²) >= 11 is 6.08. The van der Waals surface area contributed by atoms with Crippen molar-refractivity contribution in [3.05, 3.63) is 29.3 Å². The largest absolute Gasteiger partial charge is 0.480 e. The maximum Gasteiger partial charge on any atom is 0.329 e. The molecule has 1 aliphatic heterocycles. The molecule has 116 valence electrons. The van der Waals surface area contributed by atoms with E-state index in [2.05, 4.69) is 5.32 Å². The second-order valence-corrected chi connectivity index (χ2v) is 6.14. The lowest BCUT2D eigenvalue weighted by Gasteiger charge is -2.19. The first-order chi connectivity index (χ1) is 10.4.